The number of thiazole rings is 1. The van der Waals surface area contributed by atoms with Crippen LogP contribution in [-0.2, 0) is 0 Å². The van der Waals surface area contributed by atoms with Crippen LogP contribution in [0.15, 0.2) is 18.2 Å². The van der Waals surface area contributed by atoms with E-state index in [4.69, 9.17) is 4.74 Å². The van der Waals surface area contributed by atoms with Crippen LogP contribution in [0.1, 0.15) is 29.6 Å². The molecule has 0 aliphatic carbocycles. The molecule has 0 spiro atoms. The van der Waals surface area contributed by atoms with E-state index < -0.39 is 0 Å². The van der Waals surface area contributed by atoms with Crippen LogP contribution in [0.3, 0.4) is 0 Å². The van der Waals surface area contributed by atoms with Crippen molar-refractivity contribution in [1.82, 2.24) is 4.98 Å². The first kappa shape index (κ1) is 11.1. The molecule has 16 heavy (non-hydrogen) atoms. The predicted octanol–water partition coefficient (Wildman–Crippen LogP) is 3.29. The van der Waals surface area contributed by atoms with Gasteiger partial charge >= 0.3 is 0 Å². The van der Waals surface area contributed by atoms with Crippen LogP contribution in [0.2, 0.25) is 0 Å². The second-order valence-electron chi connectivity index (χ2n) is 3.50. The summed E-state index contributed by atoms with van der Waals surface area (Å²) in [6, 6.07) is 5.72. The Balaban J connectivity index is 2.18. The highest BCUT2D eigenvalue weighted by molar-refractivity contribution is 7.20. The van der Waals surface area contributed by atoms with Gasteiger partial charge in [0.15, 0.2) is 11.3 Å². The fourth-order valence-electron chi connectivity index (χ4n) is 1.40. The maximum Gasteiger partial charge on any atom is 0.178 e. The minimum absolute atomic E-state index is 0.515. The standard InChI is InChI=1S/C12H13NO2S/c1-2-3-6-15-9-4-5-10-11(7-9)16-12(8-14)13-10/h4-5,7-8H,2-3,6H2,1H3. The molecule has 0 aliphatic heterocycles. The highest BCUT2D eigenvalue weighted by Crippen LogP contribution is 2.25. The first-order valence-electron chi connectivity index (χ1n) is 5.32. The fourth-order valence-corrected chi connectivity index (χ4v) is 2.21. The summed E-state index contributed by atoms with van der Waals surface area (Å²) in [6.45, 7) is 2.87. The smallest absolute Gasteiger partial charge is 0.178 e. The Hall–Kier alpha value is -1.42. The second-order valence-corrected chi connectivity index (χ2v) is 4.56. The lowest BCUT2D eigenvalue weighted by Crippen LogP contribution is -1.95. The number of aromatic nitrogens is 1. The third kappa shape index (κ3) is 2.39. The van der Waals surface area contributed by atoms with E-state index in [1.54, 1.807) is 0 Å². The van der Waals surface area contributed by atoms with Crippen molar-refractivity contribution >= 4 is 27.8 Å². The highest BCUT2D eigenvalue weighted by atomic mass is 32.1. The molecule has 0 atom stereocenters. The number of fused-ring (bicyclic) bond motifs is 1. The van der Waals surface area contributed by atoms with Crippen LogP contribution in [0, 0.1) is 0 Å². The maximum atomic E-state index is 10.6. The van der Waals surface area contributed by atoms with Gasteiger partial charge in [-0.3, -0.25) is 4.79 Å². The van der Waals surface area contributed by atoms with Crippen molar-refractivity contribution in [2.24, 2.45) is 0 Å². The molecule has 1 aromatic heterocycles. The van der Waals surface area contributed by atoms with Crippen molar-refractivity contribution in [2.75, 3.05) is 6.61 Å². The zero-order valence-corrected chi connectivity index (χ0v) is 9.92. The average Bonchev–Trinajstić information content (AvgIpc) is 2.71. The Morgan fingerprint density at radius 2 is 2.38 bits per heavy atom. The Kier molecular flexibility index (Phi) is 3.51. The number of rotatable bonds is 5. The Morgan fingerprint density at radius 1 is 1.50 bits per heavy atom. The van der Waals surface area contributed by atoms with Crippen molar-refractivity contribution in [2.45, 2.75) is 19.8 Å². The first-order valence-corrected chi connectivity index (χ1v) is 6.13. The number of carbonyl (C=O) groups is 1. The third-order valence-corrected chi connectivity index (χ3v) is 3.19. The first-order chi connectivity index (χ1) is 7.83. The molecule has 0 fully saturated rings. The molecule has 2 aromatic rings. The molecule has 84 valence electrons. The number of hydrogen-bond donors (Lipinski definition) is 0. The van der Waals surface area contributed by atoms with E-state index in [0.29, 0.717) is 5.01 Å². The topological polar surface area (TPSA) is 39.2 Å². The molecule has 0 bridgehead atoms. The van der Waals surface area contributed by atoms with Crippen LogP contribution >= 0.6 is 11.3 Å². The van der Waals surface area contributed by atoms with Crippen LogP contribution < -0.4 is 4.74 Å². The quantitative estimate of drug-likeness (QED) is 0.589. The van der Waals surface area contributed by atoms with Gasteiger partial charge in [-0.15, -0.1) is 11.3 Å². The number of carbonyl (C=O) groups excluding carboxylic acids is 1. The van der Waals surface area contributed by atoms with E-state index in [1.165, 1.54) is 11.3 Å². The van der Waals surface area contributed by atoms with E-state index in [2.05, 4.69) is 11.9 Å². The van der Waals surface area contributed by atoms with Gasteiger partial charge in [0.2, 0.25) is 0 Å². The minimum atomic E-state index is 0.515. The summed E-state index contributed by atoms with van der Waals surface area (Å²) in [4.78, 5) is 14.8. The molecule has 0 saturated heterocycles. The van der Waals surface area contributed by atoms with E-state index in [1.807, 2.05) is 18.2 Å². The predicted molar refractivity (Wildman–Crippen MR) is 65.4 cm³/mol. The third-order valence-electron chi connectivity index (χ3n) is 2.24. The second kappa shape index (κ2) is 5.07. The number of benzene rings is 1. The zero-order valence-electron chi connectivity index (χ0n) is 9.10. The van der Waals surface area contributed by atoms with E-state index in [9.17, 15) is 4.79 Å². The summed E-state index contributed by atoms with van der Waals surface area (Å²) in [5.74, 6) is 0.849. The molecule has 1 heterocycles. The van der Waals surface area contributed by atoms with E-state index in [-0.39, 0.29) is 0 Å². The normalized spacial score (nSPS) is 10.6. The number of hydrogen-bond acceptors (Lipinski definition) is 4. The van der Waals surface area contributed by atoms with Gasteiger partial charge in [-0.25, -0.2) is 4.98 Å². The van der Waals surface area contributed by atoms with Crippen molar-refractivity contribution in [1.29, 1.82) is 0 Å². The lowest BCUT2D eigenvalue weighted by molar-refractivity contribution is 0.112. The van der Waals surface area contributed by atoms with Crippen molar-refractivity contribution in [3.8, 4) is 5.75 Å². The van der Waals surface area contributed by atoms with Gasteiger partial charge in [0.25, 0.3) is 0 Å². The molecule has 1 aromatic carbocycles. The minimum Gasteiger partial charge on any atom is -0.494 e. The van der Waals surface area contributed by atoms with E-state index >= 15 is 0 Å². The van der Waals surface area contributed by atoms with Crippen molar-refractivity contribution < 1.29 is 9.53 Å². The molecular weight excluding hydrogens is 222 g/mol. The van der Waals surface area contributed by atoms with Crippen molar-refractivity contribution in [3.05, 3.63) is 23.2 Å². The monoisotopic (exact) mass is 235 g/mol. The van der Waals surface area contributed by atoms with Gasteiger partial charge in [-0.2, -0.15) is 0 Å². The number of unbranched alkanes of at least 4 members (excludes halogenated alkanes) is 1. The highest BCUT2D eigenvalue weighted by Gasteiger charge is 2.04. The van der Waals surface area contributed by atoms with Gasteiger partial charge in [-0.05, 0) is 24.6 Å². The fraction of sp³-hybridized carbons (Fsp3) is 0.333. The SMILES string of the molecule is CCCCOc1ccc2nc(C=O)sc2c1. The molecule has 0 unspecified atom stereocenters. The van der Waals surface area contributed by atoms with Gasteiger partial charge in [-0.1, -0.05) is 13.3 Å². The molecule has 2 rings (SSSR count). The Bertz CT molecular complexity index is 493. The van der Waals surface area contributed by atoms with Crippen LogP contribution in [0.25, 0.3) is 10.2 Å². The summed E-state index contributed by atoms with van der Waals surface area (Å²) in [5.41, 5.74) is 0.856. The summed E-state index contributed by atoms with van der Waals surface area (Å²) in [7, 11) is 0. The summed E-state index contributed by atoms with van der Waals surface area (Å²) in [6.07, 6.45) is 2.96. The van der Waals surface area contributed by atoms with E-state index in [0.717, 1.165) is 41.7 Å². The molecule has 0 saturated carbocycles. The molecular formula is C12H13NO2S. The Morgan fingerprint density at radius 3 is 3.12 bits per heavy atom. The van der Waals surface area contributed by atoms with Gasteiger partial charge < -0.3 is 4.74 Å². The number of ether oxygens (including phenoxy) is 1. The summed E-state index contributed by atoms with van der Waals surface area (Å²) < 4.78 is 6.58. The van der Waals surface area contributed by atoms with Gasteiger partial charge in [0.1, 0.15) is 5.75 Å². The molecule has 0 N–H and O–H groups in total. The molecule has 0 radical (unpaired) electrons. The largest absolute Gasteiger partial charge is 0.494 e. The molecule has 4 heteroatoms. The van der Waals surface area contributed by atoms with Crippen LogP contribution in [-0.4, -0.2) is 17.9 Å². The molecule has 0 aliphatic rings. The summed E-state index contributed by atoms with van der Waals surface area (Å²) in [5, 5.41) is 0.515. The van der Waals surface area contributed by atoms with Gasteiger partial charge in [0, 0.05) is 0 Å². The lowest BCUT2D eigenvalue weighted by atomic mass is 10.3. The average molecular weight is 235 g/mol. The molecule has 3 nitrogen and oxygen atoms in total. The van der Waals surface area contributed by atoms with Crippen LogP contribution in [0.4, 0.5) is 0 Å². The zero-order chi connectivity index (χ0) is 11.4. The lowest BCUT2D eigenvalue weighted by Gasteiger charge is -2.04. The van der Waals surface area contributed by atoms with Gasteiger partial charge in [0.05, 0.1) is 16.8 Å². The Labute approximate surface area is 98.1 Å². The number of aldehydes is 1. The van der Waals surface area contributed by atoms with Crippen LogP contribution in [0.5, 0.6) is 5.75 Å². The van der Waals surface area contributed by atoms with Crippen molar-refractivity contribution in [3.63, 3.8) is 0 Å². The number of nitrogens with zero attached hydrogens (tertiary/aromatic N) is 1. The summed E-state index contributed by atoms with van der Waals surface area (Å²) >= 11 is 1.39. The maximum absolute atomic E-state index is 10.6. The molecule has 0 amide bonds.